The quantitative estimate of drug-likeness (QED) is 0.724. The van der Waals surface area contributed by atoms with E-state index in [0.29, 0.717) is 6.04 Å². The van der Waals surface area contributed by atoms with E-state index in [4.69, 9.17) is 4.74 Å². The Kier molecular flexibility index (Phi) is 6.61. The molecule has 2 aromatic heterocycles. The number of amides is 1. The molecule has 7 heteroatoms. The first-order chi connectivity index (χ1) is 14.6. The van der Waals surface area contributed by atoms with E-state index in [-0.39, 0.29) is 5.91 Å². The molecule has 0 spiro atoms. The highest BCUT2D eigenvalue weighted by Gasteiger charge is 2.25. The van der Waals surface area contributed by atoms with Gasteiger partial charge < -0.3 is 23.8 Å². The summed E-state index contributed by atoms with van der Waals surface area (Å²) >= 11 is 0. The fourth-order valence-electron chi connectivity index (χ4n) is 4.66. The second-order valence-corrected chi connectivity index (χ2v) is 8.71. The number of nitrogens with zero attached hydrogens (tertiary/aromatic N) is 5. The van der Waals surface area contributed by atoms with Crippen LogP contribution in [0.25, 0.3) is 5.52 Å². The SMILES string of the molecule is COCCN1CCN(c2ccc3ccc(C(=O)N4CCC(N(C)C)CC4)cn23)CC1. The number of pyridine rings is 1. The van der Waals surface area contributed by atoms with Crippen LogP contribution in [0.1, 0.15) is 23.2 Å². The summed E-state index contributed by atoms with van der Waals surface area (Å²) in [6.07, 6.45) is 4.12. The number of piperazine rings is 1. The van der Waals surface area contributed by atoms with Gasteiger partial charge in [-0.2, -0.15) is 0 Å². The number of anilines is 1. The number of rotatable bonds is 6. The van der Waals surface area contributed by atoms with Crippen molar-refractivity contribution in [2.75, 3.05) is 78.5 Å². The average Bonchev–Trinajstić information content (AvgIpc) is 3.21. The zero-order valence-corrected chi connectivity index (χ0v) is 18.6. The maximum absolute atomic E-state index is 13.1. The molecule has 0 unspecified atom stereocenters. The summed E-state index contributed by atoms with van der Waals surface area (Å²) in [5.74, 6) is 1.33. The highest BCUT2D eigenvalue weighted by atomic mass is 16.5. The number of carbonyl (C=O) groups excluding carboxylic acids is 1. The molecule has 2 saturated heterocycles. The van der Waals surface area contributed by atoms with Gasteiger partial charge in [-0.25, -0.2) is 0 Å². The van der Waals surface area contributed by atoms with Crippen LogP contribution in [-0.4, -0.2) is 105 Å². The van der Waals surface area contributed by atoms with Crippen molar-refractivity contribution in [2.45, 2.75) is 18.9 Å². The molecule has 0 aromatic carbocycles. The van der Waals surface area contributed by atoms with Crippen LogP contribution in [0.5, 0.6) is 0 Å². The molecule has 4 heterocycles. The van der Waals surface area contributed by atoms with Crippen molar-refractivity contribution in [1.29, 1.82) is 0 Å². The summed E-state index contributed by atoms with van der Waals surface area (Å²) < 4.78 is 7.39. The summed E-state index contributed by atoms with van der Waals surface area (Å²) in [7, 11) is 6.01. The van der Waals surface area contributed by atoms with Gasteiger partial charge in [-0.1, -0.05) is 0 Å². The molecule has 0 saturated carbocycles. The minimum absolute atomic E-state index is 0.151. The first-order valence-electron chi connectivity index (χ1n) is 11.1. The third-order valence-corrected chi connectivity index (χ3v) is 6.67. The van der Waals surface area contributed by atoms with E-state index in [1.807, 2.05) is 17.2 Å². The second kappa shape index (κ2) is 9.37. The Morgan fingerprint density at radius 1 is 1.03 bits per heavy atom. The number of ether oxygens (including phenoxy) is 1. The van der Waals surface area contributed by atoms with Gasteiger partial charge in [0.15, 0.2) is 0 Å². The highest BCUT2D eigenvalue weighted by molar-refractivity contribution is 5.94. The highest BCUT2D eigenvalue weighted by Crippen LogP contribution is 2.23. The summed E-state index contributed by atoms with van der Waals surface area (Å²) in [5, 5.41) is 0. The second-order valence-electron chi connectivity index (χ2n) is 8.71. The number of carbonyl (C=O) groups is 1. The third-order valence-electron chi connectivity index (χ3n) is 6.67. The molecule has 30 heavy (non-hydrogen) atoms. The molecule has 7 nitrogen and oxygen atoms in total. The Balaban J connectivity index is 1.45. The molecular weight excluding hydrogens is 378 g/mol. The number of methoxy groups -OCH3 is 1. The Labute approximate surface area is 179 Å². The molecule has 2 aliphatic heterocycles. The van der Waals surface area contributed by atoms with Crippen molar-refractivity contribution in [2.24, 2.45) is 0 Å². The molecule has 2 aromatic rings. The van der Waals surface area contributed by atoms with Gasteiger partial charge >= 0.3 is 0 Å². The lowest BCUT2D eigenvalue weighted by Crippen LogP contribution is -2.47. The lowest BCUT2D eigenvalue weighted by molar-refractivity contribution is 0.0663. The van der Waals surface area contributed by atoms with Crippen LogP contribution in [-0.2, 0) is 4.74 Å². The Bertz CT molecular complexity index is 848. The molecule has 0 bridgehead atoms. The zero-order valence-electron chi connectivity index (χ0n) is 18.6. The lowest BCUT2D eigenvalue weighted by atomic mass is 10.0. The predicted octanol–water partition coefficient (Wildman–Crippen LogP) is 1.87. The van der Waals surface area contributed by atoms with E-state index < -0.39 is 0 Å². The van der Waals surface area contributed by atoms with Crippen LogP contribution < -0.4 is 4.90 Å². The van der Waals surface area contributed by atoms with E-state index >= 15 is 0 Å². The Morgan fingerprint density at radius 3 is 2.40 bits per heavy atom. The molecule has 0 radical (unpaired) electrons. The molecule has 2 fully saturated rings. The number of piperidine rings is 1. The minimum Gasteiger partial charge on any atom is -0.383 e. The molecule has 0 aliphatic carbocycles. The molecule has 0 N–H and O–H groups in total. The average molecular weight is 414 g/mol. The number of aromatic nitrogens is 1. The van der Waals surface area contributed by atoms with Gasteiger partial charge in [0.05, 0.1) is 12.2 Å². The van der Waals surface area contributed by atoms with Gasteiger partial charge in [0.2, 0.25) is 0 Å². The van der Waals surface area contributed by atoms with Crippen LogP contribution in [0, 0.1) is 0 Å². The summed E-state index contributed by atoms with van der Waals surface area (Å²) in [4.78, 5) is 22.3. The monoisotopic (exact) mass is 413 g/mol. The van der Waals surface area contributed by atoms with Gasteiger partial charge in [-0.05, 0) is 51.2 Å². The van der Waals surface area contributed by atoms with Crippen molar-refractivity contribution in [3.8, 4) is 0 Å². The van der Waals surface area contributed by atoms with Crippen LogP contribution in [0.2, 0.25) is 0 Å². The van der Waals surface area contributed by atoms with E-state index in [9.17, 15) is 4.79 Å². The van der Waals surface area contributed by atoms with Crippen LogP contribution in [0.4, 0.5) is 5.82 Å². The number of fused-ring (bicyclic) bond motifs is 1. The van der Waals surface area contributed by atoms with Gasteiger partial charge in [-0.3, -0.25) is 9.69 Å². The van der Waals surface area contributed by atoms with Gasteiger partial charge in [0.1, 0.15) is 5.82 Å². The van der Waals surface area contributed by atoms with Crippen molar-refractivity contribution in [3.63, 3.8) is 0 Å². The van der Waals surface area contributed by atoms with E-state index in [1.165, 1.54) is 5.82 Å². The van der Waals surface area contributed by atoms with Crippen LogP contribution >= 0.6 is 0 Å². The smallest absolute Gasteiger partial charge is 0.255 e. The summed E-state index contributed by atoms with van der Waals surface area (Å²) in [6, 6.07) is 8.94. The summed E-state index contributed by atoms with van der Waals surface area (Å²) in [6.45, 7) is 7.50. The van der Waals surface area contributed by atoms with E-state index in [0.717, 1.165) is 76.3 Å². The molecule has 1 amide bonds. The molecular formula is C23H35N5O2. The lowest BCUT2D eigenvalue weighted by Gasteiger charge is -2.36. The first-order valence-corrected chi connectivity index (χ1v) is 11.1. The van der Waals surface area contributed by atoms with Gasteiger partial charge in [0, 0.05) is 70.7 Å². The van der Waals surface area contributed by atoms with Gasteiger partial charge in [-0.15, -0.1) is 0 Å². The maximum Gasteiger partial charge on any atom is 0.255 e. The number of hydrogen-bond acceptors (Lipinski definition) is 5. The normalized spacial score (nSPS) is 19.2. The largest absolute Gasteiger partial charge is 0.383 e. The Morgan fingerprint density at radius 2 is 1.73 bits per heavy atom. The minimum atomic E-state index is 0.151. The van der Waals surface area contributed by atoms with Gasteiger partial charge in [0.25, 0.3) is 5.91 Å². The zero-order chi connectivity index (χ0) is 21.1. The molecule has 2 aliphatic rings. The number of likely N-dealkylation sites (tertiary alicyclic amines) is 1. The van der Waals surface area contributed by atoms with E-state index in [1.54, 1.807) is 7.11 Å². The first kappa shape index (κ1) is 21.2. The van der Waals surface area contributed by atoms with Crippen LogP contribution in [0.3, 0.4) is 0 Å². The topological polar surface area (TPSA) is 43.7 Å². The molecule has 164 valence electrons. The fraction of sp³-hybridized carbons (Fsp3) is 0.609. The summed E-state index contributed by atoms with van der Waals surface area (Å²) in [5.41, 5.74) is 1.91. The van der Waals surface area contributed by atoms with Crippen molar-refractivity contribution in [3.05, 3.63) is 36.0 Å². The Hall–Kier alpha value is -2.09. The standard InChI is InChI=1S/C23H35N5O2/c1-24(2)20-8-10-27(11-9-20)23(29)19-4-5-21-6-7-22(28(21)18-19)26-14-12-25(13-15-26)16-17-30-3/h4-7,18,20H,8-17H2,1-3H3. The molecule has 0 atom stereocenters. The van der Waals surface area contributed by atoms with Crippen molar-refractivity contribution < 1.29 is 9.53 Å². The van der Waals surface area contributed by atoms with Crippen LogP contribution in [0.15, 0.2) is 30.5 Å². The van der Waals surface area contributed by atoms with Crippen molar-refractivity contribution in [1.82, 2.24) is 19.1 Å². The van der Waals surface area contributed by atoms with Crippen molar-refractivity contribution >= 4 is 17.2 Å². The predicted molar refractivity (Wildman–Crippen MR) is 121 cm³/mol. The third kappa shape index (κ3) is 4.48. The fourth-order valence-corrected chi connectivity index (χ4v) is 4.66. The van der Waals surface area contributed by atoms with E-state index in [2.05, 4.69) is 51.4 Å². The maximum atomic E-state index is 13.1. The number of hydrogen-bond donors (Lipinski definition) is 0. The molecule has 4 rings (SSSR count).